The summed E-state index contributed by atoms with van der Waals surface area (Å²) in [5, 5.41) is 0. The summed E-state index contributed by atoms with van der Waals surface area (Å²) in [5.74, 6) is 0.617. The molecule has 0 saturated heterocycles. The Bertz CT molecular complexity index is 721. The number of amides is 2. The van der Waals surface area contributed by atoms with Gasteiger partial charge in [-0.05, 0) is 56.4 Å². The minimum atomic E-state index is -0.505. The van der Waals surface area contributed by atoms with Crippen molar-refractivity contribution in [1.82, 2.24) is 15.8 Å². The van der Waals surface area contributed by atoms with E-state index in [0.717, 1.165) is 13.1 Å². The van der Waals surface area contributed by atoms with Crippen LogP contribution in [0.2, 0.25) is 0 Å². The Balaban J connectivity index is 1.87. The van der Waals surface area contributed by atoms with Crippen molar-refractivity contribution in [2.75, 3.05) is 19.7 Å². The van der Waals surface area contributed by atoms with E-state index in [1.165, 1.54) is 0 Å². The molecule has 1 heterocycles. The van der Waals surface area contributed by atoms with E-state index in [-0.39, 0.29) is 5.76 Å². The highest BCUT2D eigenvalue weighted by molar-refractivity contribution is 5.98. The Morgan fingerprint density at radius 1 is 0.962 bits per heavy atom. The maximum atomic E-state index is 12.1. The van der Waals surface area contributed by atoms with Crippen LogP contribution in [0, 0.1) is 0 Å². The van der Waals surface area contributed by atoms with Crippen molar-refractivity contribution in [1.29, 1.82) is 0 Å². The second-order valence-electron chi connectivity index (χ2n) is 5.59. The van der Waals surface area contributed by atoms with E-state index < -0.39 is 11.8 Å². The van der Waals surface area contributed by atoms with Crippen molar-refractivity contribution in [2.24, 2.45) is 0 Å². The molecule has 0 radical (unpaired) electrons. The van der Waals surface area contributed by atoms with Gasteiger partial charge < -0.3 is 9.15 Å². The van der Waals surface area contributed by atoms with Crippen molar-refractivity contribution in [3.05, 3.63) is 53.5 Å². The molecule has 26 heavy (non-hydrogen) atoms. The molecule has 2 N–H and O–H groups in total. The van der Waals surface area contributed by atoms with Crippen LogP contribution in [0.1, 0.15) is 47.4 Å². The number of hydrogen-bond acceptors (Lipinski definition) is 5. The maximum absolute atomic E-state index is 12.1. The number of nitrogens with zero attached hydrogens (tertiary/aromatic N) is 1. The SMILES string of the molecule is CCOc1ccc(C(=O)NNC(=O)c2ccc(CN(CC)CC)o2)cc1. The van der Waals surface area contributed by atoms with Crippen molar-refractivity contribution < 1.29 is 18.7 Å². The number of hydrazine groups is 1. The van der Waals surface area contributed by atoms with Crippen LogP contribution in [0.5, 0.6) is 5.75 Å². The van der Waals surface area contributed by atoms with Crippen LogP contribution in [0.15, 0.2) is 40.8 Å². The zero-order valence-corrected chi connectivity index (χ0v) is 15.4. The zero-order valence-electron chi connectivity index (χ0n) is 15.4. The summed E-state index contributed by atoms with van der Waals surface area (Å²) < 4.78 is 10.9. The lowest BCUT2D eigenvalue weighted by Crippen LogP contribution is -2.41. The van der Waals surface area contributed by atoms with E-state index in [4.69, 9.17) is 9.15 Å². The smallest absolute Gasteiger partial charge is 0.305 e. The van der Waals surface area contributed by atoms with Gasteiger partial charge in [-0.25, -0.2) is 0 Å². The fourth-order valence-corrected chi connectivity index (χ4v) is 2.37. The van der Waals surface area contributed by atoms with Gasteiger partial charge in [-0.3, -0.25) is 25.3 Å². The third-order valence-corrected chi connectivity index (χ3v) is 3.88. The number of ether oxygens (including phenoxy) is 1. The van der Waals surface area contributed by atoms with Crippen molar-refractivity contribution in [2.45, 2.75) is 27.3 Å². The molecule has 0 spiro atoms. The summed E-state index contributed by atoms with van der Waals surface area (Å²) >= 11 is 0. The first-order chi connectivity index (χ1) is 12.6. The Labute approximate surface area is 153 Å². The van der Waals surface area contributed by atoms with E-state index in [0.29, 0.717) is 30.2 Å². The van der Waals surface area contributed by atoms with Gasteiger partial charge in [0.05, 0.1) is 13.2 Å². The third kappa shape index (κ3) is 5.35. The Morgan fingerprint density at radius 2 is 1.62 bits per heavy atom. The van der Waals surface area contributed by atoms with E-state index >= 15 is 0 Å². The summed E-state index contributed by atoms with van der Waals surface area (Å²) in [4.78, 5) is 26.4. The van der Waals surface area contributed by atoms with E-state index in [2.05, 4.69) is 29.6 Å². The van der Waals surface area contributed by atoms with E-state index in [9.17, 15) is 9.59 Å². The van der Waals surface area contributed by atoms with E-state index in [1.54, 1.807) is 36.4 Å². The number of furan rings is 1. The highest BCUT2D eigenvalue weighted by atomic mass is 16.5. The third-order valence-electron chi connectivity index (χ3n) is 3.88. The first kappa shape index (κ1) is 19.5. The molecule has 0 bridgehead atoms. The predicted octanol–water partition coefficient (Wildman–Crippen LogP) is 2.59. The molecule has 140 valence electrons. The number of benzene rings is 1. The highest BCUT2D eigenvalue weighted by Crippen LogP contribution is 2.12. The zero-order chi connectivity index (χ0) is 18.9. The normalized spacial score (nSPS) is 10.6. The number of hydrogen-bond donors (Lipinski definition) is 2. The molecular formula is C19H25N3O4. The number of rotatable bonds is 8. The van der Waals surface area contributed by atoms with Crippen LogP contribution < -0.4 is 15.6 Å². The van der Waals surface area contributed by atoms with Crippen LogP contribution in [-0.4, -0.2) is 36.4 Å². The fraction of sp³-hybridized carbons (Fsp3) is 0.368. The topological polar surface area (TPSA) is 83.8 Å². The summed E-state index contributed by atoms with van der Waals surface area (Å²) in [5.41, 5.74) is 5.14. The monoisotopic (exact) mass is 359 g/mol. The summed E-state index contributed by atoms with van der Waals surface area (Å²) in [7, 11) is 0. The Morgan fingerprint density at radius 3 is 2.23 bits per heavy atom. The second-order valence-corrected chi connectivity index (χ2v) is 5.59. The summed E-state index contributed by atoms with van der Waals surface area (Å²) in [6.07, 6.45) is 0. The summed E-state index contributed by atoms with van der Waals surface area (Å²) in [6, 6.07) is 10.0. The number of carbonyl (C=O) groups excluding carboxylic acids is 2. The molecule has 2 aromatic rings. The molecule has 1 aromatic carbocycles. The van der Waals surface area contributed by atoms with Crippen LogP contribution >= 0.6 is 0 Å². The van der Waals surface area contributed by atoms with Crippen molar-refractivity contribution in [3.63, 3.8) is 0 Å². The van der Waals surface area contributed by atoms with Gasteiger partial charge in [-0.2, -0.15) is 0 Å². The molecule has 7 heteroatoms. The van der Waals surface area contributed by atoms with Crippen LogP contribution in [0.4, 0.5) is 0 Å². The average molecular weight is 359 g/mol. The fourth-order valence-electron chi connectivity index (χ4n) is 2.37. The lowest BCUT2D eigenvalue weighted by molar-refractivity contribution is 0.0829. The van der Waals surface area contributed by atoms with Gasteiger partial charge in [0.2, 0.25) is 0 Å². The second kappa shape index (κ2) is 9.62. The van der Waals surface area contributed by atoms with Gasteiger partial charge in [0.1, 0.15) is 11.5 Å². The van der Waals surface area contributed by atoms with Gasteiger partial charge in [-0.15, -0.1) is 0 Å². The van der Waals surface area contributed by atoms with Gasteiger partial charge in [-0.1, -0.05) is 13.8 Å². The molecule has 0 aliphatic rings. The molecule has 2 amide bonds. The first-order valence-electron chi connectivity index (χ1n) is 8.71. The molecule has 7 nitrogen and oxygen atoms in total. The molecule has 0 fully saturated rings. The summed E-state index contributed by atoms with van der Waals surface area (Å²) in [6.45, 7) is 9.01. The predicted molar refractivity (Wildman–Crippen MR) is 97.9 cm³/mol. The molecular weight excluding hydrogens is 334 g/mol. The number of carbonyl (C=O) groups is 2. The number of nitrogens with one attached hydrogen (secondary N) is 2. The van der Waals surface area contributed by atoms with Gasteiger partial charge >= 0.3 is 5.91 Å². The average Bonchev–Trinajstić information content (AvgIpc) is 3.13. The van der Waals surface area contributed by atoms with Crippen molar-refractivity contribution in [3.8, 4) is 5.75 Å². The van der Waals surface area contributed by atoms with E-state index in [1.807, 2.05) is 6.92 Å². The first-order valence-corrected chi connectivity index (χ1v) is 8.71. The van der Waals surface area contributed by atoms with Gasteiger partial charge in [0, 0.05) is 5.56 Å². The quantitative estimate of drug-likeness (QED) is 0.708. The largest absolute Gasteiger partial charge is 0.494 e. The molecule has 0 aliphatic carbocycles. The molecule has 2 rings (SSSR count). The Kier molecular flexibility index (Phi) is 7.23. The molecule has 0 unspecified atom stereocenters. The van der Waals surface area contributed by atoms with Gasteiger partial charge in [0.15, 0.2) is 5.76 Å². The highest BCUT2D eigenvalue weighted by Gasteiger charge is 2.14. The van der Waals surface area contributed by atoms with Crippen LogP contribution in [-0.2, 0) is 6.54 Å². The molecule has 0 aliphatic heterocycles. The minimum absolute atomic E-state index is 0.152. The molecule has 0 saturated carbocycles. The van der Waals surface area contributed by atoms with Crippen molar-refractivity contribution >= 4 is 11.8 Å². The van der Waals surface area contributed by atoms with Gasteiger partial charge in [0.25, 0.3) is 5.91 Å². The molecule has 0 atom stereocenters. The Hall–Kier alpha value is -2.80. The van der Waals surface area contributed by atoms with Crippen LogP contribution in [0.3, 0.4) is 0 Å². The minimum Gasteiger partial charge on any atom is -0.494 e. The van der Waals surface area contributed by atoms with Crippen LogP contribution in [0.25, 0.3) is 0 Å². The molecule has 1 aromatic heterocycles. The lowest BCUT2D eigenvalue weighted by atomic mass is 10.2. The maximum Gasteiger partial charge on any atom is 0.305 e. The standard InChI is InChI=1S/C19H25N3O4/c1-4-22(5-2)13-16-11-12-17(26-16)19(24)21-20-18(23)14-7-9-15(10-8-14)25-6-3/h7-12H,4-6,13H2,1-3H3,(H,20,23)(H,21,24). The lowest BCUT2D eigenvalue weighted by Gasteiger charge is -2.15.